The first-order valence-corrected chi connectivity index (χ1v) is 11.4. The van der Waals surface area contributed by atoms with E-state index >= 15 is 0 Å². The molecule has 1 atom stereocenters. The molecule has 3 aromatic carbocycles. The van der Waals surface area contributed by atoms with Crippen LogP contribution in [0, 0.1) is 5.82 Å². The van der Waals surface area contributed by atoms with Gasteiger partial charge in [-0.2, -0.15) is 0 Å². The minimum atomic E-state index is -0.870. The second-order valence-corrected chi connectivity index (χ2v) is 8.81. The average molecular weight is 494 g/mol. The van der Waals surface area contributed by atoms with E-state index in [9.17, 15) is 18.8 Å². The van der Waals surface area contributed by atoms with Crippen molar-refractivity contribution in [2.24, 2.45) is 0 Å². The molecule has 3 amide bonds. The largest absolute Gasteiger partial charge is 0.496 e. The number of rotatable bonds is 3. The van der Waals surface area contributed by atoms with Crippen LogP contribution in [0.4, 0.5) is 10.1 Å². The van der Waals surface area contributed by atoms with Crippen LogP contribution in [-0.2, 0) is 4.79 Å². The number of fused-ring (bicyclic) bond motifs is 2. The molecule has 0 unspecified atom stereocenters. The summed E-state index contributed by atoms with van der Waals surface area (Å²) in [7, 11) is 1.55. The van der Waals surface area contributed by atoms with Crippen LogP contribution in [0.25, 0.3) is 11.1 Å². The number of ether oxygens (including phenoxy) is 1. The summed E-state index contributed by atoms with van der Waals surface area (Å²) in [5.74, 6) is -1.01. The Hall–Kier alpha value is -3.91. The number of nitrogens with zero attached hydrogens (tertiary/aromatic N) is 2. The minimum absolute atomic E-state index is 0.00980. The number of halogens is 2. The predicted octanol–water partition coefficient (Wildman–Crippen LogP) is 4.07. The SMILES string of the molecule is COc1ccc(Cl)cc1-c1ccc2c(c1)C(=O)N1CCN(C(=O)c3cccc(F)c3)C[C@@H]1C(=O)N2. The summed E-state index contributed by atoms with van der Waals surface area (Å²) in [5.41, 5.74) is 2.35. The number of benzene rings is 3. The molecule has 3 aromatic rings. The maximum atomic E-state index is 13.6. The van der Waals surface area contributed by atoms with Gasteiger partial charge < -0.3 is 19.9 Å². The van der Waals surface area contributed by atoms with Crippen LogP contribution in [-0.4, -0.2) is 60.3 Å². The maximum absolute atomic E-state index is 13.6. The lowest BCUT2D eigenvalue weighted by atomic mass is 10.00. The van der Waals surface area contributed by atoms with Crippen molar-refractivity contribution in [3.63, 3.8) is 0 Å². The molecule has 0 spiro atoms. The van der Waals surface area contributed by atoms with Gasteiger partial charge in [0.15, 0.2) is 0 Å². The Morgan fingerprint density at radius 1 is 1.06 bits per heavy atom. The highest BCUT2D eigenvalue weighted by Gasteiger charge is 2.40. The normalized spacial score (nSPS) is 17.3. The van der Waals surface area contributed by atoms with E-state index in [0.29, 0.717) is 33.1 Å². The second kappa shape index (κ2) is 9.03. The van der Waals surface area contributed by atoms with Crippen molar-refractivity contribution >= 4 is 35.0 Å². The van der Waals surface area contributed by atoms with E-state index in [-0.39, 0.29) is 42.9 Å². The first-order chi connectivity index (χ1) is 16.9. The van der Waals surface area contributed by atoms with Gasteiger partial charge in [-0.3, -0.25) is 14.4 Å². The summed E-state index contributed by atoms with van der Waals surface area (Å²) in [6, 6.07) is 14.9. The molecule has 7 nitrogen and oxygen atoms in total. The van der Waals surface area contributed by atoms with E-state index in [4.69, 9.17) is 16.3 Å². The molecule has 0 radical (unpaired) electrons. The molecule has 0 saturated carbocycles. The molecular formula is C26H21ClFN3O4. The van der Waals surface area contributed by atoms with Crippen LogP contribution in [0.3, 0.4) is 0 Å². The lowest BCUT2D eigenvalue weighted by Crippen LogP contribution is -2.59. The van der Waals surface area contributed by atoms with E-state index in [2.05, 4.69) is 5.32 Å². The number of nitrogens with one attached hydrogen (secondary N) is 1. The number of carbonyl (C=O) groups excluding carboxylic acids is 3. The van der Waals surface area contributed by atoms with Gasteiger partial charge in [-0.25, -0.2) is 4.39 Å². The van der Waals surface area contributed by atoms with Gasteiger partial charge in [0.25, 0.3) is 11.8 Å². The van der Waals surface area contributed by atoms with E-state index in [0.717, 1.165) is 6.07 Å². The molecule has 2 aliphatic heterocycles. The number of methoxy groups -OCH3 is 1. The van der Waals surface area contributed by atoms with Crippen molar-refractivity contribution in [2.75, 3.05) is 32.1 Å². The van der Waals surface area contributed by atoms with Gasteiger partial charge in [0.2, 0.25) is 5.91 Å². The molecule has 2 aliphatic rings. The monoisotopic (exact) mass is 493 g/mol. The molecule has 2 heterocycles. The second-order valence-electron chi connectivity index (χ2n) is 8.37. The molecule has 1 N–H and O–H groups in total. The van der Waals surface area contributed by atoms with Gasteiger partial charge in [0.05, 0.1) is 24.9 Å². The quantitative estimate of drug-likeness (QED) is 0.596. The molecule has 35 heavy (non-hydrogen) atoms. The third-order valence-corrected chi connectivity index (χ3v) is 6.52. The van der Waals surface area contributed by atoms with E-state index < -0.39 is 11.9 Å². The topological polar surface area (TPSA) is 79.0 Å². The zero-order chi connectivity index (χ0) is 24.7. The van der Waals surface area contributed by atoms with E-state index in [1.54, 1.807) is 43.5 Å². The van der Waals surface area contributed by atoms with E-state index in [1.807, 2.05) is 0 Å². The molecule has 0 bridgehead atoms. The minimum Gasteiger partial charge on any atom is -0.496 e. The summed E-state index contributed by atoms with van der Waals surface area (Å²) in [4.78, 5) is 42.5. The van der Waals surface area contributed by atoms with Crippen LogP contribution < -0.4 is 10.1 Å². The summed E-state index contributed by atoms with van der Waals surface area (Å²) >= 11 is 6.18. The highest BCUT2D eigenvalue weighted by Crippen LogP contribution is 2.36. The summed E-state index contributed by atoms with van der Waals surface area (Å²) < 4.78 is 19.1. The lowest BCUT2D eigenvalue weighted by Gasteiger charge is -2.39. The third kappa shape index (κ3) is 4.21. The van der Waals surface area contributed by atoms with Gasteiger partial charge >= 0.3 is 0 Å². The predicted molar refractivity (Wildman–Crippen MR) is 129 cm³/mol. The van der Waals surface area contributed by atoms with Gasteiger partial charge in [0, 0.05) is 29.2 Å². The number of carbonyl (C=O) groups is 3. The van der Waals surface area contributed by atoms with Gasteiger partial charge in [0.1, 0.15) is 17.6 Å². The average Bonchev–Trinajstić information content (AvgIpc) is 2.97. The first kappa shape index (κ1) is 22.9. The number of hydrogen-bond acceptors (Lipinski definition) is 4. The Kier molecular flexibility index (Phi) is 5.90. The third-order valence-electron chi connectivity index (χ3n) is 6.28. The van der Waals surface area contributed by atoms with Gasteiger partial charge in [-0.1, -0.05) is 23.7 Å². The Labute approximate surface area is 206 Å². The number of hydrogen-bond donors (Lipinski definition) is 1. The Bertz CT molecular complexity index is 1360. The lowest BCUT2D eigenvalue weighted by molar-refractivity contribution is -0.121. The van der Waals surface area contributed by atoms with E-state index in [1.165, 1.54) is 28.0 Å². The van der Waals surface area contributed by atoms with Crippen LogP contribution in [0.5, 0.6) is 5.75 Å². The fraction of sp³-hybridized carbons (Fsp3) is 0.192. The molecular weight excluding hydrogens is 473 g/mol. The Morgan fingerprint density at radius 2 is 1.89 bits per heavy atom. The zero-order valence-corrected chi connectivity index (χ0v) is 19.5. The highest BCUT2D eigenvalue weighted by atomic mass is 35.5. The van der Waals surface area contributed by atoms with Crippen LogP contribution in [0.2, 0.25) is 5.02 Å². The van der Waals surface area contributed by atoms with Crippen molar-refractivity contribution in [1.29, 1.82) is 0 Å². The van der Waals surface area contributed by atoms with Crippen LogP contribution in [0.1, 0.15) is 20.7 Å². The fourth-order valence-corrected chi connectivity index (χ4v) is 4.69. The maximum Gasteiger partial charge on any atom is 0.256 e. The summed E-state index contributed by atoms with van der Waals surface area (Å²) in [6.07, 6.45) is 0. The van der Waals surface area contributed by atoms with Crippen molar-refractivity contribution in [2.45, 2.75) is 6.04 Å². The van der Waals surface area contributed by atoms with Crippen molar-refractivity contribution in [1.82, 2.24) is 9.80 Å². The molecule has 1 saturated heterocycles. The smallest absolute Gasteiger partial charge is 0.256 e. The molecule has 0 aromatic heterocycles. The van der Waals surface area contributed by atoms with Gasteiger partial charge in [-0.15, -0.1) is 0 Å². The van der Waals surface area contributed by atoms with Crippen molar-refractivity contribution < 1.29 is 23.5 Å². The highest BCUT2D eigenvalue weighted by molar-refractivity contribution is 6.31. The molecule has 1 fully saturated rings. The molecule has 9 heteroatoms. The molecule has 0 aliphatic carbocycles. The molecule has 5 rings (SSSR count). The zero-order valence-electron chi connectivity index (χ0n) is 18.8. The molecule has 178 valence electrons. The number of piperazine rings is 1. The Balaban J connectivity index is 1.45. The summed E-state index contributed by atoms with van der Waals surface area (Å²) in [6.45, 7) is 0.403. The van der Waals surface area contributed by atoms with Gasteiger partial charge in [-0.05, 0) is 54.1 Å². The standard InChI is InChI=1S/C26H21ClFN3O4/c1-35-23-8-6-17(27)13-19(23)15-5-7-21-20(12-15)26(34)31-10-9-30(14-22(31)24(32)29-21)25(33)16-3-2-4-18(28)11-16/h2-8,11-13,22H,9-10,14H2,1H3,(H,29,32)/t22-/m1/s1. The summed E-state index contributed by atoms with van der Waals surface area (Å²) in [5, 5.41) is 3.35. The van der Waals surface area contributed by atoms with Crippen LogP contribution in [0.15, 0.2) is 60.7 Å². The van der Waals surface area contributed by atoms with Crippen LogP contribution >= 0.6 is 11.6 Å². The van der Waals surface area contributed by atoms with Crippen molar-refractivity contribution in [3.05, 3.63) is 82.6 Å². The number of anilines is 1. The van der Waals surface area contributed by atoms with Crippen molar-refractivity contribution in [3.8, 4) is 16.9 Å². The Morgan fingerprint density at radius 3 is 2.66 bits per heavy atom. The first-order valence-electron chi connectivity index (χ1n) is 11.0. The fourth-order valence-electron chi connectivity index (χ4n) is 4.51. The number of amides is 3.